The molecule has 4 aliphatic rings. The summed E-state index contributed by atoms with van der Waals surface area (Å²) in [5.74, 6) is 2.56. The number of fused-ring (bicyclic) bond motifs is 1. The molecule has 0 bridgehead atoms. The molecule has 4 fully saturated rings. The molecule has 0 spiro atoms. The number of nitrogens with zero attached hydrogens (tertiary/aromatic N) is 3. The summed E-state index contributed by atoms with van der Waals surface area (Å²) in [4.78, 5) is 15.7. The summed E-state index contributed by atoms with van der Waals surface area (Å²) in [6, 6.07) is 1.15. The second-order valence-corrected chi connectivity index (χ2v) is 12.8. The second kappa shape index (κ2) is 10.8. The van der Waals surface area contributed by atoms with Crippen molar-refractivity contribution < 1.29 is 17.9 Å². The van der Waals surface area contributed by atoms with Gasteiger partial charge in [0.2, 0.25) is 0 Å². The van der Waals surface area contributed by atoms with Crippen molar-refractivity contribution >= 4 is 17.3 Å². The number of nitrogens with one attached hydrogen (secondary N) is 2. The molecule has 2 N–H and O–H groups in total. The molecular weight excluding hydrogens is 515 g/mol. The van der Waals surface area contributed by atoms with Crippen LogP contribution in [0.1, 0.15) is 69.0 Å². The van der Waals surface area contributed by atoms with Gasteiger partial charge in [-0.2, -0.15) is 13.2 Å². The third kappa shape index (κ3) is 5.29. The van der Waals surface area contributed by atoms with Crippen molar-refractivity contribution in [3.05, 3.63) is 40.1 Å². The highest BCUT2D eigenvalue weighted by Gasteiger charge is 2.42. The lowest BCUT2D eigenvalue weighted by molar-refractivity contribution is -0.136. The van der Waals surface area contributed by atoms with E-state index in [4.69, 9.17) is 4.74 Å². The van der Waals surface area contributed by atoms with Gasteiger partial charge >= 0.3 is 11.9 Å². The average molecular weight is 554 g/mol. The van der Waals surface area contributed by atoms with Crippen LogP contribution in [0.25, 0.3) is 5.52 Å². The maximum atomic E-state index is 14.2. The Balaban J connectivity index is 1.30. The predicted octanol–water partition coefficient (Wildman–Crippen LogP) is 4.61. The third-order valence-electron chi connectivity index (χ3n) is 9.13. The molecule has 4 heterocycles. The van der Waals surface area contributed by atoms with Gasteiger partial charge in [0, 0.05) is 38.1 Å². The average Bonchev–Trinajstić information content (AvgIpc) is 3.49. The first-order chi connectivity index (χ1) is 18.3. The van der Waals surface area contributed by atoms with E-state index in [1.54, 1.807) is 10.8 Å². The summed E-state index contributed by atoms with van der Waals surface area (Å²) in [5.41, 5.74) is 6.09. The summed E-state index contributed by atoms with van der Waals surface area (Å²) in [7, 11) is 0. The molecule has 210 valence electrons. The van der Waals surface area contributed by atoms with E-state index in [-0.39, 0.29) is 23.4 Å². The lowest BCUT2D eigenvalue weighted by atomic mass is 9.66. The first-order valence-corrected chi connectivity index (χ1v) is 15.1. The number of thioether (sulfide) groups is 1. The summed E-state index contributed by atoms with van der Waals surface area (Å²) in [5, 5.41) is 0.358. The summed E-state index contributed by atoms with van der Waals surface area (Å²) in [6.45, 7) is 4.20. The Labute approximate surface area is 225 Å². The largest absolute Gasteiger partial charge is 0.418 e. The van der Waals surface area contributed by atoms with Crippen LogP contribution in [0, 0.1) is 17.8 Å². The molecule has 38 heavy (non-hydrogen) atoms. The minimum Gasteiger partial charge on any atom is -0.376 e. The number of alkyl halides is 3. The van der Waals surface area contributed by atoms with Gasteiger partial charge in [0.25, 0.3) is 0 Å². The van der Waals surface area contributed by atoms with E-state index in [2.05, 4.69) is 15.8 Å². The van der Waals surface area contributed by atoms with Crippen LogP contribution in [0.2, 0.25) is 0 Å². The van der Waals surface area contributed by atoms with Gasteiger partial charge in [-0.3, -0.25) is 13.9 Å². The number of hydrogen-bond donors (Lipinski definition) is 2. The number of imidazole rings is 1. The predicted molar refractivity (Wildman–Crippen MR) is 142 cm³/mol. The van der Waals surface area contributed by atoms with Crippen LogP contribution in [0.3, 0.4) is 0 Å². The zero-order chi connectivity index (χ0) is 26.4. The molecule has 2 aromatic rings. The van der Waals surface area contributed by atoms with E-state index in [9.17, 15) is 18.0 Å². The number of ether oxygens (including phenoxy) is 1. The highest BCUT2D eigenvalue weighted by atomic mass is 32.2. The molecule has 6 rings (SSSR count). The standard InChI is InChI=1S/C27H38F3N5O2S/c1-17-12-33(8-9-37-17)13-18-10-22(27(28,29)30)23-15-34(26(36)35(23)14-18)21-7-3-6-20(11-21)24(19-4-2-5-19)25-32-31-16-38-25/h10,14-15,17,19-21,24-25,31-32H,2-9,11-13,16H2,1H3/t17-,20?,21?,24-,25?/m1/s1. The van der Waals surface area contributed by atoms with Gasteiger partial charge in [0.15, 0.2) is 0 Å². The molecule has 2 saturated carbocycles. The number of hydrazine groups is 1. The lowest BCUT2D eigenvalue weighted by Crippen LogP contribution is -2.45. The van der Waals surface area contributed by atoms with Gasteiger partial charge in [-0.05, 0) is 55.6 Å². The quantitative estimate of drug-likeness (QED) is 0.545. The number of rotatable bonds is 6. The molecule has 5 atom stereocenters. The van der Waals surface area contributed by atoms with Gasteiger partial charge in [-0.25, -0.2) is 15.6 Å². The molecule has 0 aromatic carbocycles. The molecule has 2 saturated heterocycles. The summed E-state index contributed by atoms with van der Waals surface area (Å²) in [6.07, 6.45) is 6.15. The summed E-state index contributed by atoms with van der Waals surface area (Å²) < 4.78 is 51.1. The first-order valence-electron chi connectivity index (χ1n) is 14.0. The maximum absolute atomic E-state index is 14.2. The first kappa shape index (κ1) is 26.7. The van der Waals surface area contributed by atoms with E-state index >= 15 is 0 Å². The van der Waals surface area contributed by atoms with Gasteiger partial charge in [0.05, 0.1) is 35.0 Å². The topological polar surface area (TPSA) is 62.9 Å². The van der Waals surface area contributed by atoms with E-state index in [1.165, 1.54) is 35.9 Å². The van der Waals surface area contributed by atoms with Gasteiger partial charge in [-0.1, -0.05) is 25.7 Å². The number of hydrogen-bond acceptors (Lipinski definition) is 6. The van der Waals surface area contributed by atoms with Crippen LogP contribution < -0.4 is 16.5 Å². The number of morpholine rings is 1. The molecule has 0 radical (unpaired) electrons. The number of pyridine rings is 1. The van der Waals surface area contributed by atoms with E-state index < -0.39 is 11.7 Å². The van der Waals surface area contributed by atoms with Gasteiger partial charge in [0.1, 0.15) is 0 Å². The van der Waals surface area contributed by atoms with Crippen LogP contribution in [0.5, 0.6) is 0 Å². The molecule has 0 amide bonds. The molecular formula is C27H38F3N5O2S. The Morgan fingerprint density at radius 3 is 2.63 bits per heavy atom. The zero-order valence-corrected chi connectivity index (χ0v) is 22.7. The zero-order valence-electron chi connectivity index (χ0n) is 21.9. The van der Waals surface area contributed by atoms with Crippen molar-refractivity contribution in [1.82, 2.24) is 24.7 Å². The lowest BCUT2D eigenvalue weighted by Gasteiger charge is -2.44. The Kier molecular flexibility index (Phi) is 7.58. The normalized spacial score (nSPS) is 30.5. The van der Waals surface area contributed by atoms with Crippen molar-refractivity contribution in [2.45, 2.75) is 82.1 Å². The minimum absolute atomic E-state index is 0.0370. The van der Waals surface area contributed by atoms with Crippen LogP contribution in [0.4, 0.5) is 13.2 Å². The van der Waals surface area contributed by atoms with Gasteiger partial charge < -0.3 is 4.74 Å². The molecule has 2 aliphatic heterocycles. The van der Waals surface area contributed by atoms with Gasteiger partial charge in [-0.15, -0.1) is 11.8 Å². The Hall–Kier alpha value is -1.53. The smallest absolute Gasteiger partial charge is 0.376 e. The SMILES string of the molecule is C[C@@H]1CN(Cc2cc(C(F)(F)F)c3cn(C4CCCC([C@@H](C5CCC5)C5NNCS5)C4)c(=O)n3c2)CCO1. The van der Waals surface area contributed by atoms with Crippen molar-refractivity contribution in [3.8, 4) is 0 Å². The van der Waals surface area contributed by atoms with Crippen LogP contribution in [-0.4, -0.2) is 50.9 Å². The van der Waals surface area contributed by atoms with Crippen molar-refractivity contribution in [1.29, 1.82) is 0 Å². The minimum atomic E-state index is -4.54. The molecule has 2 aromatic heterocycles. The second-order valence-electron chi connectivity index (χ2n) is 11.7. The Morgan fingerprint density at radius 1 is 1.16 bits per heavy atom. The molecule has 7 nitrogen and oxygen atoms in total. The molecule has 11 heteroatoms. The third-order valence-corrected chi connectivity index (χ3v) is 10.2. The van der Waals surface area contributed by atoms with E-state index in [1.807, 2.05) is 18.7 Å². The molecule has 3 unspecified atom stereocenters. The highest BCUT2D eigenvalue weighted by molar-refractivity contribution is 8.00. The van der Waals surface area contributed by atoms with E-state index in [0.29, 0.717) is 54.9 Å². The van der Waals surface area contributed by atoms with Crippen LogP contribution in [0.15, 0.2) is 23.3 Å². The van der Waals surface area contributed by atoms with Crippen LogP contribution in [-0.2, 0) is 17.5 Å². The number of aromatic nitrogens is 2. The Bertz CT molecular complexity index is 1190. The maximum Gasteiger partial charge on any atom is 0.418 e. The Morgan fingerprint density at radius 2 is 1.95 bits per heavy atom. The number of halogens is 3. The summed E-state index contributed by atoms with van der Waals surface area (Å²) >= 11 is 1.91. The fraction of sp³-hybridized carbons (Fsp3) is 0.741. The van der Waals surface area contributed by atoms with Crippen molar-refractivity contribution in [2.24, 2.45) is 17.8 Å². The van der Waals surface area contributed by atoms with E-state index in [0.717, 1.165) is 31.6 Å². The highest BCUT2D eigenvalue weighted by Crippen LogP contribution is 2.48. The van der Waals surface area contributed by atoms with Crippen molar-refractivity contribution in [2.75, 3.05) is 25.6 Å². The monoisotopic (exact) mass is 553 g/mol. The molecule has 2 aliphatic carbocycles. The fourth-order valence-corrected chi connectivity index (χ4v) is 8.34. The fourth-order valence-electron chi connectivity index (χ4n) is 7.16. The van der Waals surface area contributed by atoms with Crippen LogP contribution >= 0.6 is 11.8 Å². The van der Waals surface area contributed by atoms with Crippen molar-refractivity contribution in [3.63, 3.8) is 0 Å².